The van der Waals surface area contributed by atoms with Crippen LogP contribution in [0.5, 0.6) is 0 Å². The van der Waals surface area contributed by atoms with Gasteiger partial charge in [0.1, 0.15) is 0 Å². The molecule has 0 radical (unpaired) electrons. The number of nitrogens with zero attached hydrogens (tertiary/aromatic N) is 2. The molecule has 2 nitrogen and oxygen atoms in total. The van der Waals surface area contributed by atoms with Crippen LogP contribution in [-0.4, -0.2) is 9.55 Å². The summed E-state index contributed by atoms with van der Waals surface area (Å²) < 4.78 is 2.36. The van der Waals surface area contributed by atoms with E-state index in [2.05, 4.69) is 22.5 Å². The lowest BCUT2D eigenvalue weighted by molar-refractivity contribution is 0.321. The van der Waals surface area contributed by atoms with E-state index in [1.807, 2.05) is 6.07 Å². The van der Waals surface area contributed by atoms with Crippen molar-refractivity contribution in [2.75, 3.05) is 0 Å². The van der Waals surface area contributed by atoms with Crippen molar-refractivity contribution in [3.05, 3.63) is 29.2 Å². The molecule has 2 aromatic rings. The molecule has 1 aliphatic carbocycles. The van der Waals surface area contributed by atoms with Crippen LogP contribution in [0.4, 0.5) is 0 Å². The van der Waals surface area contributed by atoms with Gasteiger partial charge in [-0.25, -0.2) is 4.98 Å². The second kappa shape index (κ2) is 4.93. The van der Waals surface area contributed by atoms with Crippen molar-refractivity contribution in [3.8, 4) is 0 Å². The van der Waals surface area contributed by atoms with E-state index in [0.717, 1.165) is 18.0 Å². The van der Waals surface area contributed by atoms with Crippen LogP contribution in [0.3, 0.4) is 0 Å². The molecular formula is C15H19ClN2. The smallest absolute Gasteiger partial charge is 0.153 e. The molecule has 0 spiro atoms. The van der Waals surface area contributed by atoms with Crippen LogP contribution in [0.15, 0.2) is 18.3 Å². The summed E-state index contributed by atoms with van der Waals surface area (Å²) in [7, 11) is 0. The fraction of sp³-hybridized carbons (Fsp3) is 0.533. The SMILES string of the molecule is Cc1cc2ccnc(Cl)c2n1CC1CCCCC1. The van der Waals surface area contributed by atoms with E-state index in [1.165, 1.54) is 43.2 Å². The lowest BCUT2D eigenvalue weighted by Crippen LogP contribution is -2.15. The van der Waals surface area contributed by atoms with Crippen LogP contribution < -0.4 is 0 Å². The highest BCUT2D eigenvalue weighted by atomic mass is 35.5. The zero-order valence-corrected chi connectivity index (χ0v) is 11.6. The molecule has 2 aromatic heterocycles. The first kappa shape index (κ1) is 12.0. The number of pyridine rings is 1. The van der Waals surface area contributed by atoms with Crippen molar-refractivity contribution in [3.63, 3.8) is 0 Å². The quantitative estimate of drug-likeness (QED) is 0.725. The molecule has 0 bridgehead atoms. The number of rotatable bonds is 2. The Balaban J connectivity index is 1.97. The van der Waals surface area contributed by atoms with Crippen molar-refractivity contribution in [2.24, 2.45) is 5.92 Å². The summed E-state index contributed by atoms with van der Waals surface area (Å²) >= 11 is 6.26. The lowest BCUT2D eigenvalue weighted by atomic mass is 9.89. The maximum Gasteiger partial charge on any atom is 0.153 e. The van der Waals surface area contributed by atoms with Crippen LogP contribution in [0.1, 0.15) is 37.8 Å². The zero-order chi connectivity index (χ0) is 12.5. The van der Waals surface area contributed by atoms with E-state index in [0.29, 0.717) is 5.15 Å². The monoisotopic (exact) mass is 262 g/mol. The highest BCUT2D eigenvalue weighted by Gasteiger charge is 2.17. The average molecular weight is 263 g/mol. The van der Waals surface area contributed by atoms with Gasteiger partial charge in [0.2, 0.25) is 0 Å². The average Bonchev–Trinajstić information content (AvgIpc) is 2.69. The summed E-state index contributed by atoms with van der Waals surface area (Å²) in [5.74, 6) is 0.810. The maximum absolute atomic E-state index is 6.26. The van der Waals surface area contributed by atoms with Crippen molar-refractivity contribution in [1.82, 2.24) is 9.55 Å². The van der Waals surface area contributed by atoms with Gasteiger partial charge in [0, 0.05) is 23.8 Å². The van der Waals surface area contributed by atoms with Gasteiger partial charge in [-0.3, -0.25) is 0 Å². The maximum atomic E-state index is 6.26. The predicted octanol–water partition coefficient (Wildman–Crippen LogP) is 4.58. The number of hydrogen-bond donors (Lipinski definition) is 0. The van der Waals surface area contributed by atoms with E-state index in [-0.39, 0.29) is 0 Å². The van der Waals surface area contributed by atoms with Gasteiger partial charge in [-0.15, -0.1) is 0 Å². The molecule has 0 amide bonds. The third-order valence-corrected chi connectivity index (χ3v) is 4.41. The molecule has 0 saturated heterocycles. The van der Waals surface area contributed by atoms with E-state index < -0.39 is 0 Å². The number of fused-ring (bicyclic) bond motifs is 1. The van der Waals surface area contributed by atoms with E-state index in [4.69, 9.17) is 11.6 Å². The van der Waals surface area contributed by atoms with Crippen molar-refractivity contribution < 1.29 is 0 Å². The molecule has 0 unspecified atom stereocenters. The first-order valence-corrected chi connectivity index (χ1v) is 7.24. The highest BCUT2D eigenvalue weighted by molar-refractivity contribution is 6.33. The summed E-state index contributed by atoms with van der Waals surface area (Å²) in [6.07, 6.45) is 8.68. The Hall–Kier alpha value is -1.02. The van der Waals surface area contributed by atoms with Crippen LogP contribution in [0, 0.1) is 12.8 Å². The standard InChI is InChI=1S/C15H19ClN2/c1-11-9-13-7-8-17-15(16)14(13)18(11)10-12-5-3-2-4-6-12/h7-9,12H,2-6,10H2,1H3. The summed E-state index contributed by atoms with van der Waals surface area (Å²) in [4.78, 5) is 4.22. The molecule has 1 saturated carbocycles. The number of hydrogen-bond acceptors (Lipinski definition) is 1. The molecule has 2 heterocycles. The summed E-state index contributed by atoms with van der Waals surface area (Å²) in [6, 6.07) is 4.26. The van der Waals surface area contributed by atoms with Gasteiger partial charge in [0.25, 0.3) is 0 Å². The molecule has 0 N–H and O–H groups in total. The van der Waals surface area contributed by atoms with E-state index >= 15 is 0 Å². The Kier molecular flexibility index (Phi) is 3.29. The topological polar surface area (TPSA) is 17.8 Å². The van der Waals surface area contributed by atoms with Crippen LogP contribution >= 0.6 is 11.6 Å². The van der Waals surface area contributed by atoms with Crippen molar-refractivity contribution in [1.29, 1.82) is 0 Å². The number of aryl methyl sites for hydroxylation is 1. The molecule has 1 aliphatic rings. The molecule has 1 fully saturated rings. The molecule has 0 atom stereocenters. The molecular weight excluding hydrogens is 244 g/mol. The third-order valence-electron chi connectivity index (χ3n) is 4.14. The largest absolute Gasteiger partial charge is 0.342 e. The normalized spacial score (nSPS) is 17.4. The van der Waals surface area contributed by atoms with Gasteiger partial charge in [0.15, 0.2) is 5.15 Å². The fourth-order valence-corrected chi connectivity index (χ4v) is 3.44. The Morgan fingerprint density at radius 2 is 2.11 bits per heavy atom. The van der Waals surface area contributed by atoms with Crippen LogP contribution in [-0.2, 0) is 6.54 Å². The van der Waals surface area contributed by atoms with Gasteiger partial charge in [0.05, 0.1) is 5.52 Å². The van der Waals surface area contributed by atoms with Gasteiger partial charge in [-0.05, 0) is 37.8 Å². The molecule has 0 aliphatic heterocycles. The van der Waals surface area contributed by atoms with E-state index in [1.54, 1.807) is 6.20 Å². The summed E-state index contributed by atoms with van der Waals surface area (Å²) in [5, 5.41) is 1.85. The van der Waals surface area contributed by atoms with Crippen LogP contribution in [0.25, 0.3) is 10.9 Å². The number of aromatic nitrogens is 2. The Bertz CT molecular complexity index is 553. The molecule has 96 valence electrons. The number of halogens is 1. The molecule has 0 aromatic carbocycles. The molecule has 3 heteroatoms. The van der Waals surface area contributed by atoms with Gasteiger partial charge >= 0.3 is 0 Å². The van der Waals surface area contributed by atoms with Crippen molar-refractivity contribution >= 4 is 22.5 Å². The second-order valence-corrected chi connectivity index (χ2v) is 5.80. The Morgan fingerprint density at radius 1 is 1.33 bits per heavy atom. The van der Waals surface area contributed by atoms with Gasteiger partial charge in [-0.2, -0.15) is 0 Å². The molecule has 3 rings (SSSR count). The van der Waals surface area contributed by atoms with Crippen LogP contribution in [0.2, 0.25) is 5.15 Å². The van der Waals surface area contributed by atoms with Gasteiger partial charge in [-0.1, -0.05) is 30.9 Å². The minimum Gasteiger partial charge on any atom is -0.342 e. The second-order valence-electron chi connectivity index (χ2n) is 5.44. The first-order chi connectivity index (χ1) is 8.75. The Morgan fingerprint density at radius 3 is 2.89 bits per heavy atom. The zero-order valence-electron chi connectivity index (χ0n) is 10.8. The van der Waals surface area contributed by atoms with Crippen molar-refractivity contribution in [2.45, 2.75) is 45.6 Å². The third kappa shape index (κ3) is 2.14. The first-order valence-electron chi connectivity index (χ1n) is 6.86. The summed E-state index contributed by atoms with van der Waals surface area (Å²) in [5.41, 5.74) is 2.41. The lowest BCUT2D eigenvalue weighted by Gasteiger charge is -2.23. The van der Waals surface area contributed by atoms with E-state index in [9.17, 15) is 0 Å². The highest BCUT2D eigenvalue weighted by Crippen LogP contribution is 2.30. The minimum atomic E-state index is 0.636. The van der Waals surface area contributed by atoms with Gasteiger partial charge < -0.3 is 4.57 Å². The molecule has 18 heavy (non-hydrogen) atoms. The minimum absolute atomic E-state index is 0.636. The Labute approximate surface area is 113 Å². The predicted molar refractivity (Wildman–Crippen MR) is 76.1 cm³/mol. The fourth-order valence-electron chi connectivity index (χ4n) is 3.17. The summed E-state index contributed by atoms with van der Waals surface area (Å²) in [6.45, 7) is 3.26.